The fourth-order valence-corrected chi connectivity index (χ4v) is 7.44. The number of ether oxygens (including phenoxy) is 1. The molecule has 0 aliphatic rings. The van der Waals surface area contributed by atoms with Gasteiger partial charge < -0.3 is 4.74 Å². The Morgan fingerprint density at radius 2 is 1.58 bits per heavy atom. The van der Waals surface area contributed by atoms with Crippen LogP contribution in [0.4, 0.5) is 13.2 Å². The summed E-state index contributed by atoms with van der Waals surface area (Å²) in [6.45, 7) is 4.78. The van der Waals surface area contributed by atoms with Crippen LogP contribution >= 0.6 is 30.9 Å². The van der Waals surface area contributed by atoms with Gasteiger partial charge in [-0.25, -0.2) is 0 Å². The van der Waals surface area contributed by atoms with Crippen molar-refractivity contribution in [1.82, 2.24) is 4.90 Å². The molecule has 152 valence electrons. The quantitative estimate of drug-likeness (QED) is 0.174. The van der Waals surface area contributed by atoms with Gasteiger partial charge in [0.05, 0.1) is 6.61 Å². The minimum atomic E-state index is -5.08. The van der Waals surface area contributed by atoms with Crippen molar-refractivity contribution in [2.24, 2.45) is 0 Å². The van der Waals surface area contributed by atoms with E-state index in [9.17, 15) is 22.8 Å². The largest absolute Gasteiger partial charge is 0.471 e. The van der Waals surface area contributed by atoms with Crippen LogP contribution in [-0.2, 0) is 26.1 Å². The van der Waals surface area contributed by atoms with E-state index in [-0.39, 0.29) is 6.61 Å². The minimum Gasteiger partial charge on any atom is -0.465 e. The van der Waals surface area contributed by atoms with Crippen molar-refractivity contribution < 1.29 is 27.5 Å². The predicted molar refractivity (Wildman–Crippen MR) is 108 cm³/mol. The number of rotatable bonds is 13. The van der Waals surface area contributed by atoms with Crippen LogP contribution in [0.1, 0.15) is 46.5 Å². The van der Waals surface area contributed by atoms with E-state index in [4.69, 9.17) is 16.5 Å². The average molecular weight is 453 g/mol. The van der Waals surface area contributed by atoms with Gasteiger partial charge in [0.2, 0.25) is 7.36 Å². The second-order valence-corrected chi connectivity index (χ2v) is 10.4. The molecule has 0 heterocycles. The van der Waals surface area contributed by atoms with Crippen molar-refractivity contribution in [2.45, 2.75) is 56.6 Å². The lowest BCUT2D eigenvalue weighted by atomic mass is 10.4. The Kier molecular flexibility index (Phi) is 13.2. The van der Waals surface area contributed by atoms with Gasteiger partial charge in [0.15, 0.2) is 11.8 Å². The van der Waals surface area contributed by atoms with Gasteiger partial charge in [-0.1, -0.05) is 50.2 Å². The second-order valence-electron chi connectivity index (χ2n) is 5.28. The highest BCUT2D eigenvalue weighted by molar-refractivity contribution is 8.27. The van der Waals surface area contributed by atoms with Gasteiger partial charge in [0.25, 0.3) is 0 Å². The summed E-state index contributed by atoms with van der Waals surface area (Å²) in [4.78, 5) is 24.6. The van der Waals surface area contributed by atoms with Gasteiger partial charge in [-0.15, -0.1) is 0 Å². The third-order valence-electron chi connectivity index (χ3n) is 3.16. The highest BCUT2D eigenvalue weighted by Crippen LogP contribution is 2.50. The number of alkyl halides is 3. The van der Waals surface area contributed by atoms with E-state index < -0.39 is 35.9 Å². The van der Waals surface area contributed by atoms with Crippen molar-refractivity contribution in [3.05, 3.63) is 0 Å². The molecule has 0 spiro atoms. The summed E-state index contributed by atoms with van der Waals surface area (Å²) >= 11 is 7.64. The molecule has 11 heteroatoms. The third kappa shape index (κ3) is 8.76. The molecule has 1 atom stereocenters. The molecule has 0 saturated heterocycles. The Hall–Kier alpha value is -0.0500. The zero-order chi connectivity index (χ0) is 20.2. The summed E-state index contributed by atoms with van der Waals surface area (Å²) in [7, 11) is -0.398. The fraction of sp³-hybridized carbons (Fsp3) is 0.867. The van der Waals surface area contributed by atoms with Gasteiger partial charge in [-0.2, -0.15) is 13.2 Å². The first kappa shape index (κ1) is 26.0. The maximum atomic E-state index is 13.2. The molecule has 0 rings (SSSR count). The van der Waals surface area contributed by atoms with Gasteiger partial charge in [-0.3, -0.25) is 14.5 Å². The average Bonchev–Trinajstić information content (AvgIpc) is 2.57. The van der Waals surface area contributed by atoms with Crippen LogP contribution in [0.3, 0.4) is 0 Å². The van der Waals surface area contributed by atoms with E-state index in [1.165, 1.54) is 23.5 Å². The van der Waals surface area contributed by atoms with E-state index in [1.54, 1.807) is 6.92 Å². The molecule has 0 radical (unpaired) electrons. The molecule has 0 aromatic carbocycles. The van der Waals surface area contributed by atoms with Crippen LogP contribution in [0, 0.1) is 0 Å². The van der Waals surface area contributed by atoms with E-state index in [0.717, 1.165) is 25.7 Å². The van der Waals surface area contributed by atoms with Crippen molar-refractivity contribution in [2.75, 3.05) is 24.7 Å². The monoisotopic (exact) mass is 452 g/mol. The highest BCUT2D eigenvalue weighted by atomic mass is 32.4. The van der Waals surface area contributed by atoms with E-state index >= 15 is 0 Å². The number of amides is 1. The lowest BCUT2D eigenvalue weighted by molar-refractivity contribution is -0.187. The van der Waals surface area contributed by atoms with Gasteiger partial charge in [0.1, 0.15) is 6.54 Å². The Labute approximate surface area is 168 Å². The minimum absolute atomic E-state index is 0.0298. The number of esters is 1. The van der Waals surface area contributed by atoms with Gasteiger partial charge in [0, 0.05) is 11.5 Å². The van der Waals surface area contributed by atoms with Crippen LogP contribution in [0.5, 0.6) is 0 Å². The molecule has 4 nitrogen and oxygen atoms in total. The smallest absolute Gasteiger partial charge is 0.465 e. The number of carbonyl (C=O) groups excluding carboxylic acids is 2. The topological polar surface area (TPSA) is 46.6 Å². The molecule has 0 aliphatic carbocycles. The molecular formula is C15H26F3NO3PS3+. The second kappa shape index (κ2) is 13.2. The van der Waals surface area contributed by atoms with Crippen LogP contribution in [0.2, 0.25) is 0 Å². The molecule has 0 N–H and O–H groups in total. The van der Waals surface area contributed by atoms with Crippen LogP contribution in [0.15, 0.2) is 0 Å². The third-order valence-corrected chi connectivity index (χ3v) is 9.74. The maximum absolute atomic E-state index is 13.2. The molecule has 0 aromatic heterocycles. The summed E-state index contributed by atoms with van der Waals surface area (Å²) in [6, 6.07) is 0. The van der Waals surface area contributed by atoms with Crippen LogP contribution < -0.4 is 0 Å². The molecular weight excluding hydrogens is 426 g/mol. The zero-order valence-electron chi connectivity index (χ0n) is 15.2. The van der Waals surface area contributed by atoms with Crippen LogP contribution in [0.25, 0.3) is 0 Å². The van der Waals surface area contributed by atoms with Gasteiger partial charge >= 0.3 is 22.0 Å². The molecule has 0 fully saturated rings. The Bertz CT molecular complexity index is 457. The SMILES string of the molecule is CCCCSC([PH+]=S)(SCCCC)N(CC(=O)OCC)C(=O)C(F)(F)F. The van der Waals surface area contributed by atoms with Crippen molar-refractivity contribution in [3.8, 4) is 0 Å². The fourth-order valence-electron chi connectivity index (χ4n) is 1.82. The number of thioether (sulfide) groups is 2. The molecule has 1 amide bonds. The maximum Gasteiger partial charge on any atom is 0.471 e. The van der Waals surface area contributed by atoms with Crippen LogP contribution in [-0.4, -0.2) is 51.6 Å². The highest BCUT2D eigenvalue weighted by Gasteiger charge is 2.55. The predicted octanol–water partition coefficient (Wildman–Crippen LogP) is 4.76. The summed E-state index contributed by atoms with van der Waals surface area (Å²) in [5.41, 5.74) is 0. The first-order valence-corrected chi connectivity index (χ1v) is 12.5. The molecule has 1 unspecified atom stereocenters. The molecule has 26 heavy (non-hydrogen) atoms. The van der Waals surface area contributed by atoms with E-state index in [1.807, 2.05) is 13.8 Å². The Morgan fingerprint density at radius 1 is 1.08 bits per heavy atom. The zero-order valence-corrected chi connectivity index (χ0v) is 18.6. The van der Waals surface area contributed by atoms with Crippen molar-refractivity contribution in [3.63, 3.8) is 0 Å². The molecule has 0 aliphatic heterocycles. The molecule has 0 aromatic rings. The Balaban J connectivity index is 5.79. The number of nitrogens with zero attached hydrogens (tertiary/aromatic N) is 1. The number of carbonyl (C=O) groups is 2. The van der Waals surface area contributed by atoms with Gasteiger partial charge in [-0.05, 0) is 19.8 Å². The summed E-state index contributed by atoms with van der Waals surface area (Å²) < 4.78 is 43.0. The van der Waals surface area contributed by atoms with E-state index in [2.05, 4.69) is 0 Å². The van der Waals surface area contributed by atoms with E-state index in [0.29, 0.717) is 16.4 Å². The number of hydrogen-bond acceptors (Lipinski definition) is 6. The Morgan fingerprint density at radius 3 is 1.92 bits per heavy atom. The summed E-state index contributed by atoms with van der Waals surface area (Å²) in [6.07, 6.45) is -1.77. The van der Waals surface area contributed by atoms with Crippen molar-refractivity contribution >= 4 is 54.6 Å². The summed E-state index contributed by atoms with van der Waals surface area (Å²) in [5.74, 6) is -1.79. The lowest BCUT2D eigenvalue weighted by Gasteiger charge is -2.34. The number of halogens is 3. The lowest BCUT2D eigenvalue weighted by Crippen LogP contribution is -2.52. The standard InChI is InChI=1S/C15H25F3NO3PS3/c1-4-7-9-25-15(23-24,26-10-8-5-2)19(11-12(20)22-6-3)13(21)14(16,17)18/h4-11H2,1-3H3/p+1. The number of hydrogen-bond donors (Lipinski definition) is 0. The normalized spacial score (nSPS) is 12.2. The first-order valence-electron chi connectivity index (χ1n) is 8.40. The summed E-state index contributed by atoms with van der Waals surface area (Å²) in [5, 5.41) is 0. The first-order chi connectivity index (χ1) is 12.2. The molecule has 0 bridgehead atoms. The molecule has 0 saturated carbocycles. The number of unbranched alkanes of at least 4 members (excludes halogenated alkanes) is 2. The van der Waals surface area contributed by atoms with Crippen molar-refractivity contribution in [1.29, 1.82) is 0 Å².